The molecule has 0 spiro atoms. The van der Waals surface area contributed by atoms with Crippen molar-refractivity contribution in [3.8, 4) is 33.6 Å². The molecule has 14 nitrogen and oxygen atoms in total. The predicted octanol–water partition coefficient (Wildman–Crippen LogP) is 6.46. The van der Waals surface area contributed by atoms with Gasteiger partial charge in [-0.25, -0.2) is 23.9 Å². The van der Waals surface area contributed by atoms with E-state index in [0.29, 0.717) is 53.5 Å². The van der Waals surface area contributed by atoms with Crippen LogP contribution in [0.4, 0.5) is 14.0 Å². The van der Waals surface area contributed by atoms with Gasteiger partial charge in [-0.15, -0.1) is 0 Å². The van der Waals surface area contributed by atoms with Crippen LogP contribution in [0.5, 0.6) is 0 Å². The Morgan fingerprint density at radius 3 is 2.05 bits per heavy atom. The van der Waals surface area contributed by atoms with Gasteiger partial charge in [-0.1, -0.05) is 57.2 Å². The first-order valence-corrected chi connectivity index (χ1v) is 19.8. The van der Waals surface area contributed by atoms with Gasteiger partial charge in [0.05, 0.1) is 50.1 Å². The van der Waals surface area contributed by atoms with Gasteiger partial charge in [0.25, 0.3) is 0 Å². The fraction of sp³-hybridized carbons (Fsp3) is 0.450. The number of amides is 4. The van der Waals surface area contributed by atoms with Crippen LogP contribution in [-0.4, -0.2) is 105 Å². The lowest BCUT2D eigenvalue weighted by molar-refractivity contribution is -0.137. The third-order valence-corrected chi connectivity index (χ3v) is 11.5. The molecule has 4 amide bonds. The Labute approximate surface area is 329 Å². The minimum Gasteiger partial charge on any atom is -0.453 e. The number of hydrogen-bond acceptors (Lipinski definition) is 9. The van der Waals surface area contributed by atoms with E-state index >= 15 is 4.39 Å². The van der Waals surface area contributed by atoms with Crippen LogP contribution in [0.15, 0.2) is 54.9 Å². The van der Waals surface area contributed by atoms with Crippen molar-refractivity contribution in [2.24, 2.45) is 5.41 Å². The van der Waals surface area contributed by atoms with Crippen molar-refractivity contribution >= 4 is 35.8 Å². The Hall–Kier alpha value is -5.38. The lowest BCUT2D eigenvalue weighted by Gasteiger charge is -2.35. The lowest BCUT2D eigenvalue weighted by atomic mass is 9.85. The highest BCUT2D eigenvalue weighted by Gasteiger charge is 2.44. The maximum atomic E-state index is 15.8. The van der Waals surface area contributed by atoms with E-state index in [9.17, 15) is 19.2 Å². The minimum atomic E-state index is -0.812. The summed E-state index contributed by atoms with van der Waals surface area (Å²) in [5.74, 6) is 0.419. The van der Waals surface area contributed by atoms with Crippen molar-refractivity contribution in [2.45, 2.75) is 76.4 Å². The molecule has 4 heterocycles. The van der Waals surface area contributed by atoms with Gasteiger partial charge in [-0.2, -0.15) is 11.8 Å². The number of halogens is 1. The fourth-order valence-corrected chi connectivity index (χ4v) is 8.06. The van der Waals surface area contributed by atoms with E-state index in [2.05, 4.69) is 35.3 Å². The number of likely N-dealkylation sites (tertiary alicyclic amines) is 2. The number of nitrogens with one attached hydrogen (secondary N) is 4. The Bertz CT molecular complexity index is 2060. The standard InChI is InChI=1S/C40H49FN8O6S/c1-22(44-38(52)54-5)36(50)48-16-8-9-31(48)34-42-19-29(45-34)24-12-10-23(11-13-24)27-15-14-25(17-28(27)41)30-20-43-35(46-30)32-18-26(56-7)21-49(32)37(51)33(40(2,3)4)47-39(53)55-6/h10-15,17,19-20,22,26,31-33H,8-9,16,18,21H2,1-7H3,(H,42,45)(H,43,46)(H,44,52)(H,47,53). The summed E-state index contributed by atoms with van der Waals surface area (Å²) in [6.45, 7) is 8.36. The number of alkyl carbamates (subject to hydrolysis) is 2. The van der Waals surface area contributed by atoms with Crippen molar-refractivity contribution in [2.75, 3.05) is 33.6 Å². The molecule has 2 aromatic heterocycles. The van der Waals surface area contributed by atoms with Crippen LogP contribution in [0.1, 0.15) is 70.7 Å². The molecule has 5 atom stereocenters. The molecule has 2 aromatic carbocycles. The van der Waals surface area contributed by atoms with Gasteiger partial charge >= 0.3 is 12.2 Å². The smallest absolute Gasteiger partial charge is 0.407 e. The number of carbonyl (C=O) groups is 4. The molecule has 2 aliphatic heterocycles. The molecule has 0 saturated carbocycles. The molecule has 16 heteroatoms. The van der Waals surface area contributed by atoms with Crippen molar-refractivity contribution in [3.63, 3.8) is 0 Å². The quantitative estimate of drug-likeness (QED) is 0.141. The van der Waals surface area contributed by atoms with Crippen LogP contribution in [0, 0.1) is 11.2 Å². The average molecular weight is 789 g/mol. The number of hydrogen-bond donors (Lipinski definition) is 4. The highest BCUT2D eigenvalue weighted by atomic mass is 32.2. The van der Waals surface area contributed by atoms with Gasteiger partial charge in [0.1, 0.15) is 29.5 Å². The topological polar surface area (TPSA) is 175 Å². The summed E-state index contributed by atoms with van der Waals surface area (Å²) in [5, 5.41) is 5.43. The van der Waals surface area contributed by atoms with Crippen LogP contribution in [0.2, 0.25) is 0 Å². The summed E-state index contributed by atoms with van der Waals surface area (Å²) >= 11 is 1.67. The predicted molar refractivity (Wildman–Crippen MR) is 211 cm³/mol. The molecule has 56 heavy (non-hydrogen) atoms. The van der Waals surface area contributed by atoms with E-state index in [4.69, 9.17) is 4.74 Å². The Balaban J connectivity index is 1.15. The number of rotatable bonds is 10. The van der Waals surface area contributed by atoms with Gasteiger partial charge in [0.2, 0.25) is 11.8 Å². The number of benzene rings is 2. The molecular formula is C40H49FN8O6S. The first-order chi connectivity index (χ1) is 26.7. The second-order valence-corrected chi connectivity index (χ2v) is 16.4. The van der Waals surface area contributed by atoms with Gasteiger partial charge in [-0.3, -0.25) is 9.59 Å². The first kappa shape index (κ1) is 40.3. The number of nitrogens with zero attached hydrogens (tertiary/aromatic N) is 4. The van der Waals surface area contributed by atoms with Crippen molar-refractivity contribution in [3.05, 3.63) is 72.3 Å². The third-order valence-electron chi connectivity index (χ3n) is 10.5. The van der Waals surface area contributed by atoms with E-state index in [0.717, 1.165) is 24.1 Å². The largest absolute Gasteiger partial charge is 0.453 e. The Morgan fingerprint density at radius 1 is 0.857 bits per heavy atom. The van der Waals surface area contributed by atoms with Crippen LogP contribution in [0.3, 0.4) is 0 Å². The molecule has 4 aromatic rings. The van der Waals surface area contributed by atoms with Crippen LogP contribution in [0.25, 0.3) is 33.6 Å². The zero-order valence-electron chi connectivity index (χ0n) is 32.6. The molecule has 0 aliphatic carbocycles. The maximum absolute atomic E-state index is 15.8. The van der Waals surface area contributed by atoms with Crippen molar-refractivity contribution < 1.29 is 33.0 Å². The van der Waals surface area contributed by atoms with Crippen molar-refractivity contribution in [1.82, 2.24) is 40.4 Å². The van der Waals surface area contributed by atoms with E-state index in [1.54, 1.807) is 46.9 Å². The lowest BCUT2D eigenvalue weighted by Crippen LogP contribution is -2.54. The van der Waals surface area contributed by atoms with E-state index in [-0.39, 0.29) is 29.1 Å². The highest BCUT2D eigenvalue weighted by molar-refractivity contribution is 7.99. The summed E-state index contributed by atoms with van der Waals surface area (Å²) < 4.78 is 25.2. The number of thioether (sulfide) groups is 1. The molecule has 298 valence electrons. The molecule has 0 radical (unpaired) electrons. The summed E-state index contributed by atoms with van der Waals surface area (Å²) in [6.07, 6.45) is 6.27. The summed E-state index contributed by atoms with van der Waals surface area (Å²) in [7, 11) is 2.52. The molecule has 0 bridgehead atoms. The monoisotopic (exact) mass is 788 g/mol. The van der Waals surface area contributed by atoms with Crippen LogP contribution >= 0.6 is 11.8 Å². The number of ether oxygens (including phenoxy) is 2. The number of H-pyrrole nitrogens is 2. The zero-order valence-corrected chi connectivity index (χ0v) is 33.5. The Morgan fingerprint density at radius 2 is 1.45 bits per heavy atom. The fourth-order valence-electron chi connectivity index (χ4n) is 7.37. The molecule has 2 aliphatic rings. The normalized spacial score (nSPS) is 19.4. The Kier molecular flexibility index (Phi) is 12.1. The molecule has 2 fully saturated rings. The minimum absolute atomic E-state index is 0.176. The van der Waals surface area contributed by atoms with Gasteiger partial charge in [0.15, 0.2) is 0 Å². The summed E-state index contributed by atoms with van der Waals surface area (Å²) in [6, 6.07) is 10.4. The first-order valence-electron chi connectivity index (χ1n) is 18.6. The van der Waals surface area contributed by atoms with E-state index in [1.165, 1.54) is 20.3 Å². The molecule has 5 unspecified atom stereocenters. The average Bonchev–Trinajstić information content (AvgIpc) is 4.02. The second kappa shape index (κ2) is 16.8. The van der Waals surface area contributed by atoms with Crippen molar-refractivity contribution in [1.29, 1.82) is 0 Å². The van der Waals surface area contributed by atoms with Gasteiger partial charge < -0.3 is 39.9 Å². The molecule has 6 rings (SSSR count). The number of carbonyl (C=O) groups excluding carboxylic acids is 4. The van der Waals surface area contributed by atoms with Crippen LogP contribution in [-0.2, 0) is 19.1 Å². The number of aromatic nitrogens is 4. The number of aromatic amines is 2. The van der Waals surface area contributed by atoms with E-state index < -0.39 is 35.5 Å². The molecule has 2 saturated heterocycles. The highest BCUT2D eigenvalue weighted by Crippen LogP contribution is 2.39. The summed E-state index contributed by atoms with van der Waals surface area (Å²) in [4.78, 5) is 70.3. The molecular weight excluding hydrogens is 740 g/mol. The van der Waals surface area contributed by atoms with E-state index in [1.807, 2.05) is 57.4 Å². The van der Waals surface area contributed by atoms with Gasteiger partial charge in [-0.05, 0) is 55.1 Å². The zero-order chi connectivity index (χ0) is 40.3. The second-order valence-electron chi connectivity index (χ2n) is 15.2. The van der Waals surface area contributed by atoms with Crippen LogP contribution < -0.4 is 10.6 Å². The molecule has 4 N–H and O–H groups in total. The maximum Gasteiger partial charge on any atom is 0.407 e. The number of methoxy groups -OCH3 is 2. The van der Waals surface area contributed by atoms with Gasteiger partial charge in [0, 0.05) is 29.5 Å². The number of imidazole rings is 2. The summed E-state index contributed by atoms with van der Waals surface area (Å²) in [5.41, 5.74) is 3.39. The SMILES string of the molecule is COC(=O)NC(C)C(=O)N1CCCC1c1ncc(-c2ccc(-c3ccc(-c4cnc(C5CC(SC)CN5C(=O)C(NC(=O)OC)C(C)(C)C)[nH]4)cc3F)cc2)[nH]1. The third kappa shape index (κ3) is 8.54.